The first-order valence-electron chi connectivity index (χ1n) is 9.90. The highest BCUT2D eigenvalue weighted by Crippen LogP contribution is 2.25. The average molecular weight is 348 g/mol. The molecule has 1 saturated heterocycles. The molecule has 1 N–H and O–H groups in total. The Balaban J connectivity index is 1.53. The van der Waals surface area contributed by atoms with Crippen LogP contribution in [0.2, 0.25) is 0 Å². The summed E-state index contributed by atoms with van der Waals surface area (Å²) in [5.41, 5.74) is 0. The number of piperidine rings is 1. The zero-order valence-electron chi connectivity index (χ0n) is 15.8. The highest BCUT2D eigenvalue weighted by atomic mass is 16.4. The second-order valence-electron chi connectivity index (χ2n) is 7.96. The third-order valence-corrected chi connectivity index (χ3v) is 5.49. The molecule has 5 nitrogen and oxygen atoms in total. The fourth-order valence-corrected chi connectivity index (χ4v) is 4.23. The lowest BCUT2D eigenvalue weighted by Gasteiger charge is -2.38. The van der Waals surface area contributed by atoms with Crippen LogP contribution in [0.3, 0.4) is 0 Å². The SMILES string of the molecule is CN(C)Cc1ccc(C(=O)NC2CCCN(C3CCCCCC3)C2)o1. The lowest BCUT2D eigenvalue weighted by molar-refractivity contribution is 0.0832. The van der Waals surface area contributed by atoms with Gasteiger partial charge in [-0.15, -0.1) is 0 Å². The summed E-state index contributed by atoms with van der Waals surface area (Å²) in [5, 5.41) is 3.20. The van der Waals surface area contributed by atoms with Gasteiger partial charge in [0, 0.05) is 18.6 Å². The highest BCUT2D eigenvalue weighted by molar-refractivity contribution is 5.91. The molecule has 1 aliphatic carbocycles. The number of rotatable bonds is 5. The molecule has 2 fully saturated rings. The van der Waals surface area contributed by atoms with E-state index < -0.39 is 0 Å². The summed E-state index contributed by atoms with van der Waals surface area (Å²) in [6, 6.07) is 4.65. The van der Waals surface area contributed by atoms with Crippen LogP contribution in [-0.2, 0) is 6.54 Å². The third kappa shape index (κ3) is 5.32. The van der Waals surface area contributed by atoms with Gasteiger partial charge in [-0.2, -0.15) is 0 Å². The van der Waals surface area contributed by atoms with Crippen molar-refractivity contribution in [2.45, 2.75) is 70.0 Å². The van der Waals surface area contributed by atoms with E-state index in [1.165, 1.54) is 51.5 Å². The lowest BCUT2D eigenvalue weighted by Crippen LogP contribution is -2.50. The molecule has 1 saturated carbocycles. The van der Waals surface area contributed by atoms with Gasteiger partial charge in [-0.1, -0.05) is 25.7 Å². The molecule has 25 heavy (non-hydrogen) atoms. The number of carbonyl (C=O) groups excluding carboxylic acids is 1. The maximum atomic E-state index is 12.5. The smallest absolute Gasteiger partial charge is 0.287 e. The molecule has 1 aliphatic heterocycles. The standard InChI is InChI=1S/C20H33N3O2/c1-22(2)15-18-11-12-19(25-18)20(24)21-16-8-7-13-23(14-16)17-9-5-3-4-6-10-17/h11-12,16-17H,3-10,13-15H2,1-2H3,(H,21,24). The van der Waals surface area contributed by atoms with Crippen LogP contribution in [-0.4, -0.2) is 55.0 Å². The minimum atomic E-state index is -0.0716. The zero-order chi connectivity index (χ0) is 17.6. The number of hydrogen-bond acceptors (Lipinski definition) is 4. The Kier molecular flexibility index (Phi) is 6.54. The van der Waals surface area contributed by atoms with E-state index in [0.717, 1.165) is 24.8 Å². The second-order valence-corrected chi connectivity index (χ2v) is 7.96. The van der Waals surface area contributed by atoms with Crippen LogP contribution in [0, 0.1) is 0 Å². The van der Waals surface area contributed by atoms with Crippen LogP contribution >= 0.6 is 0 Å². The van der Waals surface area contributed by atoms with Crippen molar-refractivity contribution in [2.24, 2.45) is 0 Å². The third-order valence-electron chi connectivity index (χ3n) is 5.49. The van der Waals surface area contributed by atoms with Gasteiger partial charge >= 0.3 is 0 Å². The van der Waals surface area contributed by atoms with Crippen LogP contribution in [0.25, 0.3) is 0 Å². The van der Waals surface area contributed by atoms with Gasteiger partial charge in [-0.05, 0) is 58.5 Å². The van der Waals surface area contributed by atoms with Crippen molar-refractivity contribution in [2.75, 3.05) is 27.2 Å². The first-order chi connectivity index (χ1) is 12.1. The minimum absolute atomic E-state index is 0.0716. The number of carbonyl (C=O) groups is 1. The summed E-state index contributed by atoms with van der Waals surface area (Å²) in [7, 11) is 3.98. The van der Waals surface area contributed by atoms with E-state index in [1.54, 1.807) is 6.07 Å². The molecule has 1 atom stereocenters. The maximum Gasteiger partial charge on any atom is 0.287 e. The molecule has 5 heteroatoms. The highest BCUT2D eigenvalue weighted by Gasteiger charge is 2.27. The first-order valence-corrected chi connectivity index (χ1v) is 9.90. The van der Waals surface area contributed by atoms with E-state index in [0.29, 0.717) is 12.3 Å². The quantitative estimate of drug-likeness (QED) is 0.831. The monoisotopic (exact) mass is 347 g/mol. The summed E-state index contributed by atoms with van der Waals surface area (Å²) in [6.07, 6.45) is 10.4. The van der Waals surface area contributed by atoms with Crippen LogP contribution < -0.4 is 5.32 Å². The second kappa shape index (κ2) is 8.86. The maximum absolute atomic E-state index is 12.5. The van der Waals surface area contributed by atoms with E-state index in [1.807, 2.05) is 25.1 Å². The number of furan rings is 1. The molecule has 140 valence electrons. The topological polar surface area (TPSA) is 48.7 Å². The van der Waals surface area contributed by atoms with E-state index >= 15 is 0 Å². The number of amides is 1. The summed E-state index contributed by atoms with van der Waals surface area (Å²) in [5.74, 6) is 1.19. The Bertz CT molecular complexity index is 547. The van der Waals surface area contributed by atoms with Gasteiger partial charge in [-0.25, -0.2) is 0 Å². The molecule has 0 spiro atoms. The molecule has 1 amide bonds. The molecule has 0 aromatic carbocycles. The minimum Gasteiger partial charge on any atom is -0.455 e. The molecular weight excluding hydrogens is 314 g/mol. The Morgan fingerprint density at radius 1 is 1.16 bits per heavy atom. The van der Waals surface area contributed by atoms with E-state index in [9.17, 15) is 4.79 Å². The molecule has 0 bridgehead atoms. The Hall–Kier alpha value is -1.33. The molecular formula is C20H33N3O2. The van der Waals surface area contributed by atoms with Crippen molar-refractivity contribution in [1.82, 2.24) is 15.1 Å². The van der Waals surface area contributed by atoms with Crippen molar-refractivity contribution >= 4 is 5.91 Å². The largest absolute Gasteiger partial charge is 0.455 e. The molecule has 0 radical (unpaired) electrons. The Labute approximate surface area is 151 Å². The van der Waals surface area contributed by atoms with Gasteiger partial charge in [0.05, 0.1) is 6.54 Å². The van der Waals surface area contributed by atoms with Crippen molar-refractivity contribution < 1.29 is 9.21 Å². The summed E-state index contributed by atoms with van der Waals surface area (Å²) >= 11 is 0. The molecule has 1 aromatic heterocycles. The van der Waals surface area contributed by atoms with Crippen LogP contribution in [0.4, 0.5) is 0 Å². The normalized spacial score (nSPS) is 23.6. The van der Waals surface area contributed by atoms with Crippen molar-refractivity contribution in [3.05, 3.63) is 23.7 Å². The predicted molar refractivity (Wildman–Crippen MR) is 99.7 cm³/mol. The molecule has 1 aromatic rings. The number of hydrogen-bond donors (Lipinski definition) is 1. The fraction of sp³-hybridized carbons (Fsp3) is 0.750. The number of nitrogens with zero attached hydrogens (tertiary/aromatic N) is 2. The van der Waals surface area contributed by atoms with Gasteiger partial charge in [0.25, 0.3) is 5.91 Å². The van der Waals surface area contributed by atoms with Crippen molar-refractivity contribution in [3.8, 4) is 0 Å². The van der Waals surface area contributed by atoms with E-state index in [2.05, 4.69) is 10.2 Å². The van der Waals surface area contributed by atoms with E-state index in [4.69, 9.17) is 4.42 Å². The molecule has 3 rings (SSSR count). The molecule has 1 unspecified atom stereocenters. The van der Waals surface area contributed by atoms with Crippen LogP contribution in [0.1, 0.15) is 67.7 Å². The van der Waals surface area contributed by atoms with Gasteiger partial charge in [0.1, 0.15) is 5.76 Å². The lowest BCUT2D eigenvalue weighted by atomic mass is 10.00. The molecule has 2 heterocycles. The van der Waals surface area contributed by atoms with Gasteiger partial charge in [-0.3, -0.25) is 9.69 Å². The number of likely N-dealkylation sites (tertiary alicyclic amines) is 1. The van der Waals surface area contributed by atoms with E-state index in [-0.39, 0.29) is 11.9 Å². The fourth-order valence-electron chi connectivity index (χ4n) is 4.23. The Morgan fingerprint density at radius 2 is 1.92 bits per heavy atom. The van der Waals surface area contributed by atoms with Crippen molar-refractivity contribution in [1.29, 1.82) is 0 Å². The summed E-state index contributed by atoms with van der Waals surface area (Å²) in [6.45, 7) is 2.89. The summed E-state index contributed by atoms with van der Waals surface area (Å²) < 4.78 is 5.69. The van der Waals surface area contributed by atoms with Gasteiger partial charge in [0.2, 0.25) is 0 Å². The van der Waals surface area contributed by atoms with Gasteiger partial charge < -0.3 is 14.6 Å². The number of nitrogens with one attached hydrogen (secondary N) is 1. The van der Waals surface area contributed by atoms with Crippen molar-refractivity contribution in [3.63, 3.8) is 0 Å². The van der Waals surface area contributed by atoms with Gasteiger partial charge in [0.15, 0.2) is 5.76 Å². The summed E-state index contributed by atoms with van der Waals surface area (Å²) in [4.78, 5) is 17.2. The predicted octanol–water partition coefficient (Wildman–Crippen LogP) is 3.26. The van der Waals surface area contributed by atoms with Crippen LogP contribution in [0.15, 0.2) is 16.5 Å². The first kappa shape index (κ1) is 18.5. The zero-order valence-corrected chi connectivity index (χ0v) is 15.8. The Morgan fingerprint density at radius 3 is 2.64 bits per heavy atom. The molecule has 2 aliphatic rings. The average Bonchev–Trinajstić information content (AvgIpc) is 2.88. The van der Waals surface area contributed by atoms with Crippen LogP contribution in [0.5, 0.6) is 0 Å².